The molecule has 1 rings (SSSR count). The molecule has 0 aromatic carbocycles. The number of primary amides is 1. The second kappa shape index (κ2) is 13.9. The number of carbonyl (C=O) groups excluding carboxylic acids is 4. The highest BCUT2D eigenvalue weighted by molar-refractivity contribution is 5.94. The van der Waals surface area contributed by atoms with E-state index in [1.54, 1.807) is 13.8 Å². The van der Waals surface area contributed by atoms with E-state index in [4.69, 9.17) is 11.5 Å². The Morgan fingerprint density at radius 2 is 1.74 bits per heavy atom. The maximum absolute atomic E-state index is 12.9. The molecule has 0 aliphatic carbocycles. The highest BCUT2D eigenvalue weighted by Crippen LogP contribution is 2.09. The number of carboxylic acids is 1. The van der Waals surface area contributed by atoms with Gasteiger partial charge in [-0.1, -0.05) is 20.3 Å². The van der Waals surface area contributed by atoms with Gasteiger partial charge in [-0.25, -0.2) is 9.78 Å². The molecule has 0 fully saturated rings. The Morgan fingerprint density at radius 1 is 1.09 bits per heavy atom. The van der Waals surface area contributed by atoms with Crippen molar-refractivity contribution in [2.45, 2.75) is 63.7 Å². The number of nitrogens with two attached hydrogens (primary N) is 2. The van der Waals surface area contributed by atoms with Gasteiger partial charge in [-0.15, -0.1) is 0 Å². The van der Waals surface area contributed by atoms with E-state index in [2.05, 4.69) is 25.9 Å². The molecule has 4 amide bonds. The average molecular weight is 484 g/mol. The van der Waals surface area contributed by atoms with Crippen LogP contribution in [0.3, 0.4) is 0 Å². The van der Waals surface area contributed by atoms with Crippen LogP contribution in [0.1, 0.15) is 38.8 Å². The predicted molar refractivity (Wildman–Crippen MR) is 119 cm³/mol. The molecule has 5 unspecified atom stereocenters. The number of carboxylic acid groups (broad SMARTS) is 1. The summed E-state index contributed by atoms with van der Waals surface area (Å²) in [5.74, 6) is -4.84. The van der Waals surface area contributed by atoms with Crippen molar-refractivity contribution in [3.05, 3.63) is 18.2 Å². The molecule has 14 nitrogen and oxygen atoms in total. The molecule has 5 atom stereocenters. The van der Waals surface area contributed by atoms with E-state index >= 15 is 0 Å². The largest absolute Gasteiger partial charge is 0.480 e. The summed E-state index contributed by atoms with van der Waals surface area (Å²) in [4.78, 5) is 66.8. The highest BCUT2D eigenvalue weighted by atomic mass is 16.4. The Labute approximate surface area is 196 Å². The number of nitrogens with zero attached hydrogens (tertiary/aromatic N) is 1. The Bertz CT molecular complexity index is 846. The molecular weight excluding hydrogens is 450 g/mol. The fourth-order valence-electron chi connectivity index (χ4n) is 2.96. The molecule has 0 aliphatic heterocycles. The number of aliphatic carboxylic acids is 1. The number of hydrogen-bond acceptors (Lipinski definition) is 8. The summed E-state index contributed by atoms with van der Waals surface area (Å²) in [6.07, 6.45) is 3.07. The van der Waals surface area contributed by atoms with Gasteiger partial charge >= 0.3 is 5.97 Å². The number of aromatic nitrogens is 2. The van der Waals surface area contributed by atoms with Gasteiger partial charge in [0, 0.05) is 24.7 Å². The zero-order valence-corrected chi connectivity index (χ0v) is 19.1. The first-order valence-electron chi connectivity index (χ1n) is 10.8. The Kier molecular flexibility index (Phi) is 11.7. The molecule has 1 aromatic rings. The fourth-order valence-corrected chi connectivity index (χ4v) is 2.96. The predicted octanol–water partition coefficient (Wildman–Crippen LogP) is -2.88. The van der Waals surface area contributed by atoms with Crippen LogP contribution in [0, 0.1) is 5.92 Å². The van der Waals surface area contributed by atoms with Crippen LogP contribution in [-0.2, 0) is 30.4 Å². The molecule has 190 valence electrons. The lowest BCUT2D eigenvalue weighted by Gasteiger charge is -2.27. The molecule has 34 heavy (non-hydrogen) atoms. The van der Waals surface area contributed by atoms with Crippen LogP contribution >= 0.6 is 0 Å². The molecule has 0 saturated carbocycles. The van der Waals surface area contributed by atoms with E-state index in [1.807, 2.05) is 0 Å². The molecule has 1 aromatic heterocycles. The van der Waals surface area contributed by atoms with Gasteiger partial charge in [0.15, 0.2) is 0 Å². The number of H-pyrrole nitrogens is 1. The first-order valence-corrected chi connectivity index (χ1v) is 10.8. The van der Waals surface area contributed by atoms with Gasteiger partial charge < -0.3 is 42.6 Å². The number of aliphatic hydroxyl groups is 1. The minimum atomic E-state index is -1.50. The quantitative estimate of drug-likeness (QED) is 0.127. The van der Waals surface area contributed by atoms with Crippen LogP contribution in [0.4, 0.5) is 0 Å². The molecule has 0 saturated heterocycles. The summed E-state index contributed by atoms with van der Waals surface area (Å²) >= 11 is 0. The number of aromatic amines is 1. The number of carbonyl (C=O) groups is 5. The second-order valence-electron chi connectivity index (χ2n) is 7.91. The van der Waals surface area contributed by atoms with E-state index in [9.17, 15) is 34.2 Å². The SMILES string of the molecule is CCC(C)C(NC(=O)C(N)Cc1cnc[nH]1)C(=O)NC(CO)C(=O)NC(CCC(N)=O)C(=O)O. The van der Waals surface area contributed by atoms with Gasteiger partial charge in [0.05, 0.1) is 19.0 Å². The maximum Gasteiger partial charge on any atom is 0.326 e. The van der Waals surface area contributed by atoms with Crippen LogP contribution in [0.2, 0.25) is 0 Å². The lowest BCUT2D eigenvalue weighted by Crippen LogP contribution is -2.59. The topological polar surface area (TPSA) is 243 Å². The van der Waals surface area contributed by atoms with E-state index in [0.717, 1.165) is 0 Å². The van der Waals surface area contributed by atoms with Crippen LogP contribution in [0.5, 0.6) is 0 Å². The summed E-state index contributed by atoms with van der Waals surface area (Å²) in [5.41, 5.74) is 11.6. The van der Waals surface area contributed by atoms with Crippen LogP contribution < -0.4 is 27.4 Å². The van der Waals surface area contributed by atoms with E-state index in [-0.39, 0.29) is 25.2 Å². The first kappa shape index (κ1) is 28.5. The lowest BCUT2D eigenvalue weighted by molar-refractivity contribution is -0.143. The highest BCUT2D eigenvalue weighted by Gasteiger charge is 2.32. The minimum absolute atomic E-state index is 0.157. The second-order valence-corrected chi connectivity index (χ2v) is 7.91. The van der Waals surface area contributed by atoms with Crippen molar-refractivity contribution in [1.29, 1.82) is 0 Å². The van der Waals surface area contributed by atoms with Gasteiger partial charge in [0.25, 0.3) is 0 Å². The Balaban J connectivity index is 2.84. The monoisotopic (exact) mass is 483 g/mol. The summed E-state index contributed by atoms with van der Waals surface area (Å²) in [7, 11) is 0. The van der Waals surface area contributed by atoms with Crippen molar-refractivity contribution in [3.8, 4) is 0 Å². The lowest BCUT2D eigenvalue weighted by atomic mass is 9.97. The molecule has 0 spiro atoms. The number of aliphatic hydroxyl groups excluding tert-OH is 1. The molecule has 14 heteroatoms. The average Bonchev–Trinajstić information content (AvgIpc) is 3.29. The molecular formula is C20H33N7O7. The summed E-state index contributed by atoms with van der Waals surface area (Å²) < 4.78 is 0. The standard InChI is InChI=1S/C20H33N7O7/c1-3-10(2)16(27-17(30)12(21)6-11-7-23-9-24-11)19(32)26-14(8-28)18(31)25-13(20(33)34)4-5-15(22)29/h7,9-10,12-14,16,28H,3-6,8,21H2,1-2H3,(H2,22,29)(H,23,24)(H,25,31)(H,26,32)(H,27,30)(H,33,34). The van der Waals surface area contributed by atoms with Gasteiger partial charge in [-0.05, 0) is 12.3 Å². The number of nitrogens with one attached hydrogen (secondary N) is 4. The van der Waals surface area contributed by atoms with Crippen LogP contribution in [0.15, 0.2) is 12.5 Å². The number of imidazole rings is 1. The third kappa shape index (κ3) is 9.15. The van der Waals surface area contributed by atoms with Crippen molar-refractivity contribution in [2.75, 3.05) is 6.61 Å². The zero-order chi connectivity index (χ0) is 25.8. The third-order valence-electron chi connectivity index (χ3n) is 5.23. The molecule has 0 bridgehead atoms. The Hall–Kier alpha value is -3.52. The van der Waals surface area contributed by atoms with Crippen LogP contribution in [0.25, 0.3) is 0 Å². The van der Waals surface area contributed by atoms with Gasteiger partial charge in [0.2, 0.25) is 23.6 Å². The molecule has 1 heterocycles. The number of rotatable bonds is 15. The molecule has 0 radical (unpaired) electrons. The van der Waals surface area contributed by atoms with Crippen molar-refractivity contribution in [3.63, 3.8) is 0 Å². The normalized spacial score (nSPS) is 15.3. The van der Waals surface area contributed by atoms with Gasteiger partial charge in [-0.2, -0.15) is 0 Å². The Morgan fingerprint density at radius 3 is 2.24 bits per heavy atom. The van der Waals surface area contributed by atoms with E-state index < -0.39 is 60.4 Å². The zero-order valence-electron chi connectivity index (χ0n) is 19.1. The van der Waals surface area contributed by atoms with E-state index in [1.165, 1.54) is 12.5 Å². The summed E-state index contributed by atoms with van der Waals surface area (Å²) in [6, 6.07) is -4.99. The number of amides is 4. The smallest absolute Gasteiger partial charge is 0.326 e. The molecule has 10 N–H and O–H groups in total. The van der Waals surface area contributed by atoms with E-state index in [0.29, 0.717) is 12.1 Å². The van der Waals surface area contributed by atoms with Crippen molar-refractivity contribution < 1.29 is 34.2 Å². The van der Waals surface area contributed by atoms with Crippen molar-refractivity contribution in [2.24, 2.45) is 17.4 Å². The third-order valence-corrected chi connectivity index (χ3v) is 5.23. The molecule has 0 aliphatic rings. The minimum Gasteiger partial charge on any atom is -0.480 e. The van der Waals surface area contributed by atoms with Gasteiger partial charge in [-0.3, -0.25) is 19.2 Å². The number of hydrogen-bond donors (Lipinski definition) is 8. The van der Waals surface area contributed by atoms with Crippen molar-refractivity contribution >= 4 is 29.6 Å². The summed E-state index contributed by atoms with van der Waals surface area (Å²) in [6.45, 7) is 2.68. The van der Waals surface area contributed by atoms with Crippen molar-refractivity contribution in [1.82, 2.24) is 25.9 Å². The van der Waals surface area contributed by atoms with Crippen LogP contribution in [-0.4, -0.2) is 80.6 Å². The van der Waals surface area contributed by atoms with Gasteiger partial charge in [0.1, 0.15) is 18.1 Å². The fraction of sp³-hybridized carbons (Fsp3) is 0.600. The first-order chi connectivity index (χ1) is 16.0. The summed E-state index contributed by atoms with van der Waals surface area (Å²) in [5, 5.41) is 25.9. The maximum atomic E-state index is 12.9.